The van der Waals surface area contributed by atoms with Gasteiger partial charge in [-0.1, -0.05) is 29.5 Å². The summed E-state index contributed by atoms with van der Waals surface area (Å²) in [5.41, 5.74) is 0. The first-order valence-corrected chi connectivity index (χ1v) is 9.34. The van der Waals surface area contributed by atoms with E-state index >= 15 is 0 Å². The van der Waals surface area contributed by atoms with Gasteiger partial charge in [-0.15, -0.1) is 22.0 Å². The third-order valence-corrected chi connectivity index (χ3v) is 5.26. The van der Waals surface area contributed by atoms with E-state index in [0.717, 1.165) is 15.8 Å². The summed E-state index contributed by atoms with van der Waals surface area (Å²) < 4.78 is 20.3. The van der Waals surface area contributed by atoms with Gasteiger partial charge in [-0.3, -0.25) is 0 Å². The molecule has 0 saturated heterocycles. The van der Waals surface area contributed by atoms with Crippen LogP contribution in [-0.2, 0) is 12.4 Å². The van der Waals surface area contributed by atoms with Crippen LogP contribution < -0.4 is 4.74 Å². The van der Waals surface area contributed by atoms with Crippen LogP contribution in [-0.4, -0.2) is 19.8 Å². The molecule has 8 heteroatoms. The van der Waals surface area contributed by atoms with E-state index in [1.807, 2.05) is 18.2 Å². The molecule has 0 aliphatic heterocycles. The summed E-state index contributed by atoms with van der Waals surface area (Å²) in [7, 11) is 0. The molecule has 0 N–H and O–H groups in total. The van der Waals surface area contributed by atoms with Crippen molar-refractivity contribution < 1.29 is 9.13 Å². The van der Waals surface area contributed by atoms with E-state index < -0.39 is 0 Å². The lowest BCUT2D eigenvalue weighted by molar-refractivity contribution is 0.303. The molecule has 0 bridgehead atoms. The minimum absolute atomic E-state index is 0.285. The standard InChI is InChI=1S/C17H13FN4OS2/c18-12-6-8-13(9-7-12)23-10-16-21-22-15(19-20-17(22)25-16)11-24-14-4-2-1-3-5-14/h1-9H,10-11H2. The Balaban J connectivity index is 1.43. The molecule has 0 unspecified atom stereocenters. The first-order valence-electron chi connectivity index (χ1n) is 7.54. The maximum absolute atomic E-state index is 12.9. The molecule has 0 spiro atoms. The number of hydrogen-bond acceptors (Lipinski definition) is 6. The van der Waals surface area contributed by atoms with Crippen molar-refractivity contribution in [3.05, 3.63) is 71.2 Å². The van der Waals surface area contributed by atoms with Gasteiger partial charge in [0, 0.05) is 4.90 Å². The maximum atomic E-state index is 12.9. The Morgan fingerprint density at radius 3 is 2.64 bits per heavy atom. The van der Waals surface area contributed by atoms with E-state index in [9.17, 15) is 4.39 Å². The Kier molecular flexibility index (Phi) is 4.62. The van der Waals surface area contributed by atoms with Crippen LogP contribution >= 0.6 is 23.1 Å². The number of nitrogens with zero attached hydrogens (tertiary/aromatic N) is 4. The zero-order chi connectivity index (χ0) is 17.1. The molecule has 2 heterocycles. The molecule has 25 heavy (non-hydrogen) atoms. The van der Waals surface area contributed by atoms with Gasteiger partial charge in [0.05, 0.1) is 5.75 Å². The summed E-state index contributed by atoms with van der Waals surface area (Å²) >= 11 is 3.12. The zero-order valence-corrected chi connectivity index (χ0v) is 14.6. The molecule has 126 valence electrons. The zero-order valence-electron chi connectivity index (χ0n) is 13.0. The molecule has 0 aliphatic rings. The largest absolute Gasteiger partial charge is 0.486 e. The van der Waals surface area contributed by atoms with E-state index in [1.54, 1.807) is 28.4 Å². The molecule has 2 aromatic carbocycles. The molecule has 0 fully saturated rings. The van der Waals surface area contributed by atoms with Crippen LogP contribution in [0, 0.1) is 5.82 Å². The number of aromatic nitrogens is 4. The van der Waals surface area contributed by atoms with Crippen molar-refractivity contribution in [3.8, 4) is 5.75 Å². The van der Waals surface area contributed by atoms with Gasteiger partial charge in [0.2, 0.25) is 4.96 Å². The molecule has 5 nitrogen and oxygen atoms in total. The summed E-state index contributed by atoms with van der Waals surface area (Å²) in [5.74, 6) is 1.81. The number of benzene rings is 2. The summed E-state index contributed by atoms with van der Waals surface area (Å²) in [4.78, 5) is 1.91. The lowest BCUT2D eigenvalue weighted by Gasteiger charge is -2.02. The summed E-state index contributed by atoms with van der Waals surface area (Å²) in [5, 5.41) is 13.7. The van der Waals surface area contributed by atoms with Gasteiger partial charge in [-0.25, -0.2) is 4.39 Å². The van der Waals surface area contributed by atoms with Crippen molar-refractivity contribution in [3.63, 3.8) is 0 Å². The fourth-order valence-electron chi connectivity index (χ4n) is 2.19. The quantitative estimate of drug-likeness (QED) is 0.475. The molecular formula is C17H13FN4OS2. The van der Waals surface area contributed by atoms with Crippen molar-refractivity contribution in [1.82, 2.24) is 19.8 Å². The van der Waals surface area contributed by atoms with E-state index in [2.05, 4.69) is 27.4 Å². The highest BCUT2D eigenvalue weighted by atomic mass is 32.2. The van der Waals surface area contributed by atoms with Gasteiger partial charge >= 0.3 is 0 Å². The smallest absolute Gasteiger partial charge is 0.234 e. The molecule has 4 rings (SSSR count). The number of fused-ring (bicyclic) bond motifs is 1. The van der Waals surface area contributed by atoms with Crippen LogP contribution in [0.3, 0.4) is 0 Å². The second-order valence-corrected chi connectivity index (χ2v) is 7.24. The number of ether oxygens (including phenoxy) is 1. The van der Waals surface area contributed by atoms with Crippen molar-refractivity contribution in [2.45, 2.75) is 17.3 Å². The summed E-state index contributed by atoms with van der Waals surface area (Å²) in [6, 6.07) is 16.1. The molecule has 4 aromatic rings. The van der Waals surface area contributed by atoms with Crippen molar-refractivity contribution in [1.29, 1.82) is 0 Å². The number of halogens is 1. The Morgan fingerprint density at radius 2 is 1.84 bits per heavy atom. The summed E-state index contributed by atoms with van der Waals surface area (Å²) in [6.45, 7) is 0.310. The Labute approximate surface area is 151 Å². The highest BCUT2D eigenvalue weighted by Crippen LogP contribution is 2.23. The Bertz CT molecular complexity index is 969. The molecule has 0 aliphatic carbocycles. The normalized spacial score (nSPS) is 11.1. The monoisotopic (exact) mass is 372 g/mol. The SMILES string of the molecule is Fc1ccc(OCc2nn3c(CSc4ccccc4)nnc3s2)cc1. The van der Waals surface area contributed by atoms with Gasteiger partial charge in [-0.05, 0) is 36.4 Å². The fraction of sp³-hybridized carbons (Fsp3) is 0.118. The van der Waals surface area contributed by atoms with Crippen molar-refractivity contribution in [2.75, 3.05) is 0 Å². The van der Waals surface area contributed by atoms with Crippen LogP contribution in [0.5, 0.6) is 5.75 Å². The predicted octanol–water partition coefficient (Wildman–Crippen LogP) is 4.20. The second-order valence-electron chi connectivity index (χ2n) is 5.15. The third kappa shape index (κ3) is 3.80. The van der Waals surface area contributed by atoms with Gasteiger partial charge in [-0.2, -0.15) is 9.61 Å². The average Bonchev–Trinajstić information content (AvgIpc) is 3.21. The molecule has 0 radical (unpaired) electrons. The van der Waals surface area contributed by atoms with Gasteiger partial charge in [0.15, 0.2) is 10.8 Å². The van der Waals surface area contributed by atoms with Crippen LogP contribution in [0.1, 0.15) is 10.8 Å². The van der Waals surface area contributed by atoms with Crippen molar-refractivity contribution >= 4 is 28.1 Å². The topological polar surface area (TPSA) is 52.3 Å². The number of hydrogen-bond donors (Lipinski definition) is 0. The van der Waals surface area contributed by atoms with E-state index in [-0.39, 0.29) is 5.82 Å². The van der Waals surface area contributed by atoms with E-state index in [0.29, 0.717) is 18.1 Å². The maximum Gasteiger partial charge on any atom is 0.234 e. The number of thioether (sulfide) groups is 1. The highest BCUT2D eigenvalue weighted by molar-refractivity contribution is 7.98. The van der Waals surface area contributed by atoms with E-state index in [4.69, 9.17) is 4.74 Å². The first kappa shape index (κ1) is 16.0. The van der Waals surface area contributed by atoms with Gasteiger partial charge in [0.1, 0.15) is 18.2 Å². The lowest BCUT2D eigenvalue weighted by atomic mass is 10.3. The number of rotatable bonds is 6. The average molecular weight is 372 g/mol. The van der Waals surface area contributed by atoms with E-state index in [1.165, 1.54) is 28.4 Å². The summed E-state index contributed by atoms with van der Waals surface area (Å²) in [6.07, 6.45) is 0. The molecule has 2 aromatic heterocycles. The third-order valence-electron chi connectivity index (χ3n) is 3.38. The fourth-order valence-corrected chi connectivity index (χ4v) is 3.78. The van der Waals surface area contributed by atoms with Gasteiger partial charge < -0.3 is 4.74 Å². The van der Waals surface area contributed by atoms with Crippen molar-refractivity contribution in [2.24, 2.45) is 0 Å². The minimum Gasteiger partial charge on any atom is -0.486 e. The Hall–Kier alpha value is -2.45. The molecule has 0 atom stereocenters. The minimum atomic E-state index is -0.285. The van der Waals surface area contributed by atoms with Crippen LogP contribution in [0.4, 0.5) is 4.39 Å². The van der Waals surface area contributed by atoms with Crippen LogP contribution in [0.15, 0.2) is 59.5 Å². The van der Waals surface area contributed by atoms with Crippen LogP contribution in [0.25, 0.3) is 4.96 Å². The lowest BCUT2D eigenvalue weighted by Crippen LogP contribution is -1.98. The van der Waals surface area contributed by atoms with Crippen LogP contribution in [0.2, 0.25) is 0 Å². The Morgan fingerprint density at radius 1 is 1.04 bits per heavy atom. The molecule has 0 saturated carbocycles. The molecular weight excluding hydrogens is 359 g/mol. The molecule has 0 amide bonds. The highest BCUT2D eigenvalue weighted by Gasteiger charge is 2.12. The predicted molar refractivity (Wildman–Crippen MR) is 95.4 cm³/mol. The first-order chi connectivity index (χ1) is 12.3. The second kappa shape index (κ2) is 7.20. The van der Waals surface area contributed by atoms with Gasteiger partial charge in [0.25, 0.3) is 0 Å².